The van der Waals surface area contributed by atoms with Gasteiger partial charge in [-0.05, 0) is 31.0 Å². The molecule has 19 heavy (non-hydrogen) atoms. The van der Waals surface area contributed by atoms with Crippen molar-refractivity contribution in [3.63, 3.8) is 0 Å². The first-order valence-electron chi connectivity index (χ1n) is 6.19. The molecule has 0 saturated heterocycles. The molecule has 1 heterocycles. The van der Waals surface area contributed by atoms with Crippen LogP contribution in [0.2, 0.25) is 0 Å². The molecule has 96 valence electrons. The minimum Gasteiger partial charge on any atom is -0.362 e. The summed E-state index contributed by atoms with van der Waals surface area (Å²) in [5.74, 6) is 0.723. The van der Waals surface area contributed by atoms with E-state index in [4.69, 9.17) is 0 Å². The summed E-state index contributed by atoms with van der Waals surface area (Å²) in [5, 5.41) is 9.47. The van der Waals surface area contributed by atoms with Crippen LogP contribution in [0.1, 0.15) is 16.8 Å². The number of hydrogen-bond acceptors (Lipinski definition) is 3. The predicted octanol–water partition coefficient (Wildman–Crippen LogP) is 3.30. The standard InChI is InChI=1S/C16H17N3/c1-11-7-5-6-8-13(11)14-9-12(2)18-16(19(3)4)15(14)10-17/h5-9H,1-4H3. The van der Waals surface area contributed by atoms with E-state index in [1.807, 2.05) is 50.2 Å². The van der Waals surface area contributed by atoms with Crippen LogP contribution >= 0.6 is 0 Å². The SMILES string of the molecule is Cc1cc(-c2ccccc2C)c(C#N)c(N(C)C)n1. The van der Waals surface area contributed by atoms with Gasteiger partial charge in [-0.1, -0.05) is 24.3 Å². The number of nitriles is 1. The Morgan fingerprint density at radius 2 is 1.79 bits per heavy atom. The summed E-state index contributed by atoms with van der Waals surface area (Å²) in [5.41, 5.74) is 4.75. The summed E-state index contributed by atoms with van der Waals surface area (Å²) in [6, 6.07) is 12.4. The van der Waals surface area contributed by atoms with Crippen molar-refractivity contribution in [2.45, 2.75) is 13.8 Å². The van der Waals surface area contributed by atoms with Crippen LogP contribution in [0.15, 0.2) is 30.3 Å². The molecule has 0 aliphatic heterocycles. The Hall–Kier alpha value is -2.34. The van der Waals surface area contributed by atoms with E-state index in [9.17, 15) is 5.26 Å². The van der Waals surface area contributed by atoms with Crippen LogP contribution in [0.4, 0.5) is 5.82 Å². The van der Waals surface area contributed by atoms with Crippen molar-refractivity contribution < 1.29 is 0 Å². The normalized spacial score (nSPS) is 10.1. The van der Waals surface area contributed by atoms with Gasteiger partial charge in [0.1, 0.15) is 17.5 Å². The zero-order valence-electron chi connectivity index (χ0n) is 11.7. The third-order valence-corrected chi connectivity index (χ3v) is 3.10. The molecular weight excluding hydrogens is 234 g/mol. The van der Waals surface area contributed by atoms with Crippen LogP contribution in [-0.4, -0.2) is 19.1 Å². The van der Waals surface area contributed by atoms with Crippen molar-refractivity contribution in [2.75, 3.05) is 19.0 Å². The quantitative estimate of drug-likeness (QED) is 0.822. The van der Waals surface area contributed by atoms with Gasteiger partial charge < -0.3 is 4.90 Å². The van der Waals surface area contributed by atoms with Gasteiger partial charge >= 0.3 is 0 Å². The van der Waals surface area contributed by atoms with Gasteiger partial charge in [0.2, 0.25) is 0 Å². The molecule has 2 aromatic rings. The molecule has 0 fully saturated rings. The molecule has 1 aromatic heterocycles. The van der Waals surface area contributed by atoms with E-state index in [0.717, 1.165) is 28.2 Å². The van der Waals surface area contributed by atoms with Crippen molar-refractivity contribution in [1.29, 1.82) is 5.26 Å². The molecule has 0 saturated carbocycles. The van der Waals surface area contributed by atoms with E-state index in [1.54, 1.807) is 0 Å². The number of pyridine rings is 1. The molecule has 2 rings (SSSR count). The van der Waals surface area contributed by atoms with Crippen molar-refractivity contribution >= 4 is 5.82 Å². The van der Waals surface area contributed by atoms with Crippen LogP contribution in [0.25, 0.3) is 11.1 Å². The maximum absolute atomic E-state index is 9.47. The summed E-state index contributed by atoms with van der Waals surface area (Å²) in [6.07, 6.45) is 0. The first-order chi connectivity index (χ1) is 9.04. The third kappa shape index (κ3) is 2.43. The highest BCUT2D eigenvalue weighted by molar-refractivity contribution is 5.78. The average molecular weight is 251 g/mol. The van der Waals surface area contributed by atoms with E-state index < -0.39 is 0 Å². The monoisotopic (exact) mass is 251 g/mol. The summed E-state index contributed by atoms with van der Waals surface area (Å²) < 4.78 is 0. The van der Waals surface area contributed by atoms with Crippen molar-refractivity contribution in [3.8, 4) is 17.2 Å². The molecule has 1 aromatic carbocycles. The lowest BCUT2D eigenvalue weighted by Gasteiger charge is -2.17. The van der Waals surface area contributed by atoms with Gasteiger partial charge in [0.25, 0.3) is 0 Å². The molecule has 0 aliphatic carbocycles. The van der Waals surface area contributed by atoms with Gasteiger partial charge in [-0.2, -0.15) is 5.26 Å². The fourth-order valence-corrected chi connectivity index (χ4v) is 2.18. The maximum atomic E-state index is 9.47. The summed E-state index contributed by atoms with van der Waals surface area (Å²) >= 11 is 0. The lowest BCUT2D eigenvalue weighted by atomic mass is 9.96. The summed E-state index contributed by atoms with van der Waals surface area (Å²) in [6.45, 7) is 4.01. The number of hydrogen-bond donors (Lipinski definition) is 0. The highest BCUT2D eigenvalue weighted by Gasteiger charge is 2.15. The van der Waals surface area contributed by atoms with Gasteiger partial charge in [0.05, 0.1) is 0 Å². The van der Waals surface area contributed by atoms with E-state index in [1.165, 1.54) is 0 Å². The molecule has 0 bridgehead atoms. The Morgan fingerprint density at radius 1 is 1.11 bits per heavy atom. The van der Waals surface area contributed by atoms with Crippen molar-refractivity contribution in [3.05, 3.63) is 47.2 Å². The smallest absolute Gasteiger partial charge is 0.146 e. The number of anilines is 1. The number of aromatic nitrogens is 1. The fourth-order valence-electron chi connectivity index (χ4n) is 2.18. The second kappa shape index (κ2) is 5.11. The second-order valence-corrected chi connectivity index (χ2v) is 4.83. The van der Waals surface area contributed by atoms with Gasteiger partial charge in [0, 0.05) is 25.4 Å². The average Bonchev–Trinajstić information content (AvgIpc) is 2.38. The van der Waals surface area contributed by atoms with Gasteiger partial charge in [0.15, 0.2) is 0 Å². The summed E-state index contributed by atoms with van der Waals surface area (Å²) in [4.78, 5) is 6.34. The minimum atomic E-state index is 0.630. The van der Waals surface area contributed by atoms with Crippen LogP contribution in [0.3, 0.4) is 0 Å². The molecule has 0 spiro atoms. The van der Waals surface area contributed by atoms with Gasteiger partial charge in [-0.3, -0.25) is 0 Å². The molecule has 0 radical (unpaired) electrons. The molecule has 0 aliphatic rings. The first kappa shape index (κ1) is 13.1. The van der Waals surface area contributed by atoms with E-state index in [0.29, 0.717) is 5.56 Å². The molecule has 3 heteroatoms. The number of benzene rings is 1. The fraction of sp³-hybridized carbons (Fsp3) is 0.250. The lowest BCUT2D eigenvalue weighted by Crippen LogP contribution is -2.14. The van der Waals surface area contributed by atoms with Crippen LogP contribution < -0.4 is 4.90 Å². The topological polar surface area (TPSA) is 39.9 Å². The molecule has 3 nitrogen and oxygen atoms in total. The molecule has 0 amide bonds. The van der Waals surface area contributed by atoms with Crippen LogP contribution in [0.5, 0.6) is 0 Å². The highest BCUT2D eigenvalue weighted by Crippen LogP contribution is 2.31. The lowest BCUT2D eigenvalue weighted by molar-refractivity contribution is 1.04. The van der Waals surface area contributed by atoms with Crippen LogP contribution in [0, 0.1) is 25.2 Å². The molecule has 0 unspecified atom stereocenters. The highest BCUT2D eigenvalue weighted by atomic mass is 15.1. The first-order valence-corrected chi connectivity index (χ1v) is 6.19. The van der Waals surface area contributed by atoms with E-state index >= 15 is 0 Å². The van der Waals surface area contributed by atoms with Crippen molar-refractivity contribution in [2.24, 2.45) is 0 Å². The Balaban J connectivity index is 2.78. The zero-order chi connectivity index (χ0) is 14.0. The Kier molecular flexibility index (Phi) is 3.52. The van der Waals surface area contributed by atoms with E-state index in [-0.39, 0.29) is 0 Å². The van der Waals surface area contributed by atoms with E-state index in [2.05, 4.69) is 24.0 Å². The van der Waals surface area contributed by atoms with Crippen LogP contribution in [-0.2, 0) is 0 Å². The largest absolute Gasteiger partial charge is 0.362 e. The predicted molar refractivity (Wildman–Crippen MR) is 78.2 cm³/mol. The Labute approximate surface area is 114 Å². The Bertz CT molecular complexity index is 652. The van der Waals surface area contributed by atoms with Gasteiger partial charge in [-0.15, -0.1) is 0 Å². The second-order valence-electron chi connectivity index (χ2n) is 4.83. The minimum absolute atomic E-state index is 0.630. The third-order valence-electron chi connectivity index (χ3n) is 3.10. The number of nitrogens with zero attached hydrogens (tertiary/aromatic N) is 3. The number of rotatable bonds is 2. The van der Waals surface area contributed by atoms with Gasteiger partial charge in [-0.25, -0.2) is 4.98 Å². The Morgan fingerprint density at radius 3 is 2.37 bits per heavy atom. The van der Waals surface area contributed by atoms with Crippen molar-refractivity contribution in [1.82, 2.24) is 4.98 Å². The molecular formula is C16H17N3. The molecule has 0 N–H and O–H groups in total. The molecule has 0 atom stereocenters. The summed E-state index contributed by atoms with van der Waals surface area (Å²) in [7, 11) is 3.81. The number of aryl methyl sites for hydroxylation is 2. The maximum Gasteiger partial charge on any atom is 0.146 e. The zero-order valence-corrected chi connectivity index (χ0v) is 11.7.